The molecule has 0 atom stereocenters. The largest absolute Gasteiger partial charge is 0.550 e. The SMILES string of the molecule is COc1cc(/C=C(\CC(=O)[O-])c2nc3ccccc3o2)ccc1OCCC(C)C. The number of ether oxygens (including phenoxy) is 2. The normalized spacial score (nSPS) is 11.8. The number of hydrogen-bond acceptors (Lipinski definition) is 6. The van der Waals surface area contributed by atoms with Gasteiger partial charge in [-0.15, -0.1) is 0 Å². The van der Waals surface area contributed by atoms with Crippen molar-refractivity contribution < 1.29 is 23.8 Å². The van der Waals surface area contributed by atoms with Crippen molar-refractivity contribution in [2.24, 2.45) is 5.92 Å². The minimum atomic E-state index is -1.21. The number of carbonyl (C=O) groups excluding carboxylic acids is 1. The van der Waals surface area contributed by atoms with Crippen LogP contribution in [-0.2, 0) is 4.79 Å². The van der Waals surface area contributed by atoms with E-state index in [9.17, 15) is 9.90 Å². The number of fused-ring (bicyclic) bond motifs is 1. The van der Waals surface area contributed by atoms with E-state index in [1.54, 1.807) is 25.3 Å². The van der Waals surface area contributed by atoms with Crippen molar-refractivity contribution in [2.45, 2.75) is 26.7 Å². The van der Waals surface area contributed by atoms with Crippen LogP contribution in [0.15, 0.2) is 46.9 Å². The number of para-hydroxylation sites is 2. The van der Waals surface area contributed by atoms with Gasteiger partial charge in [0.25, 0.3) is 0 Å². The Labute approximate surface area is 169 Å². The third-order valence-corrected chi connectivity index (χ3v) is 4.38. The first-order valence-electron chi connectivity index (χ1n) is 9.53. The molecule has 152 valence electrons. The Bertz CT molecular complexity index is 986. The Morgan fingerprint density at radius 3 is 2.69 bits per heavy atom. The van der Waals surface area contributed by atoms with Gasteiger partial charge in [-0.25, -0.2) is 4.98 Å². The summed E-state index contributed by atoms with van der Waals surface area (Å²) >= 11 is 0. The average Bonchev–Trinajstić information content (AvgIpc) is 3.12. The Morgan fingerprint density at radius 2 is 2.00 bits per heavy atom. The van der Waals surface area contributed by atoms with Crippen LogP contribution in [0.25, 0.3) is 22.7 Å². The molecule has 3 aromatic rings. The van der Waals surface area contributed by atoms with Crippen molar-refractivity contribution in [2.75, 3.05) is 13.7 Å². The second-order valence-corrected chi connectivity index (χ2v) is 7.15. The molecular weight excluding hydrogens is 370 g/mol. The summed E-state index contributed by atoms with van der Waals surface area (Å²) in [5.41, 5.74) is 2.42. The maximum atomic E-state index is 11.3. The molecule has 0 bridgehead atoms. The number of aromatic nitrogens is 1. The monoisotopic (exact) mass is 394 g/mol. The number of rotatable bonds is 9. The van der Waals surface area contributed by atoms with E-state index in [2.05, 4.69) is 18.8 Å². The van der Waals surface area contributed by atoms with Crippen LogP contribution >= 0.6 is 0 Å². The molecule has 0 fully saturated rings. The number of nitrogens with zero attached hydrogens (tertiary/aromatic N) is 1. The summed E-state index contributed by atoms with van der Waals surface area (Å²) in [4.78, 5) is 15.7. The lowest BCUT2D eigenvalue weighted by atomic mass is 10.1. The molecule has 2 aromatic carbocycles. The second-order valence-electron chi connectivity index (χ2n) is 7.15. The Hall–Kier alpha value is -3.28. The van der Waals surface area contributed by atoms with Crippen molar-refractivity contribution in [3.8, 4) is 11.5 Å². The van der Waals surface area contributed by atoms with Gasteiger partial charge < -0.3 is 23.8 Å². The van der Waals surface area contributed by atoms with Crippen LogP contribution in [-0.4, -0.2) is 24.7 Å². The van der Waals surface area contributed by atoms with E-state index in [4.69, 9.17) is 13.9 Å². The number of aliphatic carboxylic acids is 1. The molecule has 0 N–H and O–H groups in total. The highest BCUT2D eigenvalue weighted by Gasteiger charge is 2.13. The quantitative estimate of drug-likeness (QED) is 0.546. The smallest absolute Gasteiger partial charge is 0.223 e. The van der Waals surface area contributed by atoms with Gasteiger partial charge in [0, 0.05) is 18.0 Å². The molecule has 0 unspecified atom stereocenters. The van der Waals surface area contributed by atoms with Crippen molar-refractivity contribution in [3.05, 3.63) is 53.9 Å². The summed E-state index contributed by atoms with van der Waals surface area (Å²) in [6.07, 6.45) is 2.33. The van der Waals surface area contributed by atoms with Gasteiger partial charge in [-0.2, -0.15) is 0 Å². The molecular formula is C23H24NO5-. The van der Waals surface area contributed by atoms with E-state index in [1.807, 2.05) is 30.3 Å². The number of carboxylic acid groups (broad SMARTS) is 1. The van der Waals surface area contributed by atoms with E-state index >= 15 is 0 Å². The lowest BCUT2D eigenvalue weighted by Crippen LogP contribution is -2.22. The highest BCUT2D eigenvalue weighted by Crippen LogP contribution is 2.31. The standard InChI is InChI=1S/C23H25NO5/c1-15(2)10-11-28-20-9-8-16(13-21(20)27-3)12-17(14-22(25)26)23-24-18-6-4-5-7-19(18)29-23/h4-9,12-13,15H,10-11,14H2,1-3H3,(H,25,26)/p-1/b17-12+. The molecule has 0 aliphatic heterocycles. The minimum absolute atomic E-state index is 0.256. The molecule has 0 spiro atoms. The van der Waals surface area contributed by atoms with Gasteiger partial charge >= 0.3 is 0 Å². The number of carboxylic acids is 1. The first-order chi connectivity index (χ1) is 14.0. The van der Waals surface area contributed by atoms with Crippen molar-refractivity contribution >= 4 is 28.7 Å². The fourth-order valence-electron chi connectivity index (χ4n) is 2.85. The van der Waals surface area contributed by atoms with Crippen LogP contribution in [0.2, 0.25) is 0 Å². The zero-order chi connectivity index (χ0) is 20.8. The molecule has 0 amide bonds. The predicted octanol–water partition coefficient (Wildman–Crippen LogP) is 3.94. The summed E-state index contributed by atoms with van der Waals surface area (Å²) in [6, 6.07) is 12.7. The third-order valence-electron chi connectivity index (χ3n) is 4.38. The summed E-state index contributed by atoms with van der Waals surface area (Å²) in [7, 11) is 1.57. The lowest BCUT2D eigenvalue weighted by Gasteiger charge is -2.13. The van der Waals surface area contributed by atoms with Gasteiger partial charge in [0.05, 0.1) is 13.7 Å². The van der Waals surface area contributed by atoms with Gasteiger partial charge in [-0.3, -0.25) is 0 Å². The molecule has 0 radical (unpaired) electrons. The zero-order valence-corrected chi connectivity index (χ0v) is 16.8. The van der Waals surface area contributed by atoms with Crippen molar-refractivity contribution in [1.29, 1.82) is 0 Å². The predicted molar refractivity (Wildman–Crippen MR) is 109 cm³/mol. The fourth-order valence-corrected chi connectivity index (χ4v) is 2.85. The first kappa shape index (κ1) is 20.5. The Kier molecular flexibility index (Phi) is 6.54. The number of methoxy groups -OCH3 is 1. The van der Waals surface area contributed by atoms with Gasteiger partial charge in [-0.05, 0) is 48.2 Å². The molecule has 0 aliphatic rings. The summed E-state index contributed by atoms with van der Waals surface area (Å²) in [5, 5.41) is 11.3. The summed E-state index contributed by atoms with van der Waals surface area (Å²) in [5.74, 6) is 0.818. The molecule has 1 heterocycles. The first-order valence-corrected chi connectivity index (χ1v) is 9.53. The van der Waals surface area contributed by atoms with Crippen LogP contribution in [0.5, 0.6) is 11.5 Å². The maximum absolute atomic E-state index is 11.3. The Morgan fingerprint density at radius 1 is 1.21 bits per heavy atom. The third kappa shape index (κ3) is 5.38. The fraction of sp³-hybridized carbons (Fsp3) is 0.304. The average molecular weight is 394 g/mol. The van der Waals surface area contributed by atoms with E-state index in [-0.39, 0.29) is 12.3 Å². The number of hydrogen-bond donors (Lipinski definition) is 0. The minimum Gasteiger partial charge on any atom is -0.550 e. The molecule has 0 aliphatic carbocycles. The molecule has 3 rings (SSSR count). The van der Waals surface area contributed by atoms with Gasteiger partial charge in [-0.1, -0.05) is 32.0 Å². The molecule has 1 aromatic heterocycles. The van der Waals surface area contributed by atoms with Crippen molar-refractivity contribution in [1.82, 2.24) is 4.98 Å². The molecule has 0 saturated carbocycles. The lowest BCUT2D eigenvalue weighted by molar-refractivity contribution is -0.304. The molecule has 6 heteroatoms. The maximum Gasteiger partial charge on any atom is 0.223 e. The zero-order valence-electron chi connectivity index (χ0n) is 16.8. The van der Waals surface area contributed by atoms with E-state index in [1.165, 1.54) is 0 Å². The molecule has 6 nitrogen and oxygen atoms in total. The van der Waals surface area contributed by atoms with Crippen LogP contribution in [0.4, 0.5) is 0 Å². The van der Waals surface area contributed by atoms with Crippen LogP contribution in [0.1, 0.15) is 38.1 Å². The van der Waals surface area contributed by atoms with Gasteiger partial charge in [0.1, 0.15) is 5.52 Å². The van der Waals surface area contributed by atoms with Crippen LogP contribution in [0, 0.1) is 5.92 Å². The van der Waals surface area contributed by atoms with E-state index < -0.39 is 5.97 Å². The van der Waals surface area contributed by atoms with Gasteiger partial charge in [0.15, 0.2) is 17.1 Å². The highest BCUT2D eigenvalue weighted by molar-refractivity contribution is 5.90. The Balaban J connectivity index is 1.91. The topological polar surface area (TPSA) is 84.6 Å². The number of carbonyl (C=O) groups is 1. The number of oxazole rings is 1. The van der Waals surface area contributed by atoms with Gasteiger partial charge in [0.2, 0.25) is 5.89 Å². The van der Waals surface area contributed by atoms with E-state index in [0.29, 0.717) is 40.7 Å². The van der Waals surface area contributed by atoms with Crippen LogP contribution < -0.4 is 14.6 Å². The molecule has 0 saturated heterocycles. The number of benzene rings is 2. The molecule has 29 heavy (non-hydrogen) atoms. The van der Waals surface area contributed by atoms with E-state index in [0.717, 1.165) is 12.0 Å². The van der Waals surface area contributed by atoms with Crippen LogP contribution in [0.3, 0.4) is 0 Å². The second kappa shape index (κ2) is 9.28. The summed E-state index contributed by atoms with van der Waals surface area (Å²) < 4.78 is 17.0. The summed E-state index contributed by atoms with van der Waals surface area (Å²) in [6.45, 7) is 4.88. The van der Waals surface area contributed by atoms with Crippen molar-refractivity contribution in [3.63, 3.8) is 0 Å². The highest BCUT2D eigenvalue weighted by atomic mass is 16.5.